The first-order valence-electron chi connectivity index (χ1n) is 13.2. The van der Waals surface area contributed by atoms with Crippen molar-refractivity contribution >= 4 is 5.97 Å². The number of hydrogen-bond acceptors (Lipinski definition) is 4. The standard InChI is InChI=1S/C30H38FNO3/c1-2-3-4-5-6-7-8-19-34-22-23-9-11-24(12-10-23)25-13-15-26(16-14-25)30(33)35-28-18-17-27(21-32)29(31)20-28/h13-18,20,23-24H,2-12,19,22H2,1H3. The number of carbonyl (C=O) groups excluding carboxylic acids is 1. The lowest BCUT2D eigenvalue weighted by atomic mass is 9.79. The van der Waals surface area contributed by atoms with Crippen LogP contribution in [0, 0.1) is 23.1 Å². The topological polar surface area (TPSA) is 59.3 Å². The van der Waals surface area contributed by atoms with Gasteiger partial charge in [0.1, 0.15) is 17.6 Å². The summed E-state index contributed by atoms with van der Waals surface area (Å²) in [4.78, 5) is 12.4. The van der Waals surface area contributed by atoms with Gasteiger partial charge in [-0.05, 0) is 73.8 Å². The average Bonchev–Trinajstić information content (AvgIpc) is 2.88. The van der Waals surface area contributed by atoms with Crippen molar-refractivity contribution < 1.29 is 18.7 Å². The van der Waals surface area contributed by atoms with Crippen molar-refractivity contribution in [2.45, 2.75) is 83.5 Å². The number of benzene rings is 2. The largest absolute Gasteiger partial charge is 0.423 e. The van der Waals surface area contributed by atoms with Crippen molar-refractivity contribution in [3.8, 4) is 11.8 Å². The molecular formula is C30H38FNO3. The molecule has 4 nitrogen and oxygen atoms in total. The van der Waals surface area contributed by atoms with Crippen molar-refractivity contribution in [3.63, 3.8) is 0 Å². The normalized spacial score (nSPS) is 17.6. The van der Waals surface area contributed by atoms with E-state index in [0.29, 0.717) is 17.4 Å². The molecule has 0 radical (unpaired) electrons. The molecule has 0 N–H and O–H groups in total. The molecule has 5 heteroatoms. The molecule has 0 amide bonds. The Morgan fingerprint density at radius 1 is 0.971 bits per heavy atom. The summed E-state index contributed by atoms with van der Waals surface area (Å²) in [5, 5.41) is 8.81. The van der Waals surface area contributed by atoms with Gasteiger partial charge in [-0.15, -0.1) is 0 Å². The maximum Gasteiger partial charge on any atom is 0.343 e. The maximum atomic E-state index is 13.7. The molecule has 188 valence electrons. The fraction of sp³-hybridized carbons (Fsp3) is 0.533. The minimum Gasteiger partial charge on any atom is -0.423 e. The van der Waals surface area contributed by atoms with Gasteiger partial charge >= 0.3 is 5.97 Å². The fourth-order valence-corrected chi connectivity index (χ4v) is 4.78. The van der Waals surface area contributed by atoms with Crippen LogP contribution in [0.25, 0.3) is 0 Å². The molecular weight excluding hydrogens is 441 g/mol. The molecule has 0 heterocycles. The van der Waals surface area contributed by atoms with Crippen LogP contribution in [0.5, 0.6) is 5.75 Å². The predicted octanol–water partition coefficient (Wildman–Crippen LogP) is 7.96. The van der Waals surface area contributed by atoms with Crippen LogP contribution in [-0.2, 0) is 4.74 Å². The van der Waals surface area contributed by atoms with Gasteiger partial charge in [0.25, 0.3) is 0 Å². The molecule has 2 aromatic carbocycles. The summed E-state index contributed by atoms with van der Waals surface area (Å²) >= 11 is 0. The van der Waals surface area contributed by atoms with Gasteiger partial charge in [0.05, 0.1) is 11.1 Å². The van der Waals surface area contributed by atoms with Gasteiger partial charge in [-0.1, -0.05) is 57.6 Å². The Balaban J connectivity index is 1.35. The number of halogens is 1. The third-order valence-corrected chi connectivity index (χ3v) is 6.98. The second-order valence-electron chi connectivity index (χ2n) is 9.68. The van der Waals surface area contributed by atoms with E-state index in [1.54, 1.807) is 18.2 Å². The second kappa shape index (κ2) is 14.6. The molecule has 1 fully saturated rings. The highest BCUT2D eigenvalue weighted by molar-refractivity contribution is 5.91. The summed E-state index contributed by atoms with van der Waals surface area (Å²) in [6.45, 7) is 4.02. The number of unbranched alkanes of at least 4 members (excludes halogenated alkanes) is 6. The fourth-order valence-electron chi connectivity index (χ4n) is 4.78. The number of ether oxygens (including phenoxy) is 2. The van der Waals surface area contributed by atoms with Gasteiger partial charge in [0.15, 0.2) is 0 Å². The minimum absolute atomic E-state index is 0.0800. The highest BCUT2D eigenvalue weighted by Crippen LogP contribution is 2.36. The molecule has 0 aliphatic heterocycles. The summed E-state index contributed by atoms with van der Waals surface area (Å²) in [5.41, 5.74) is 1.59. The lowest BCUT2D eigenvalue weighted by Crippen LogP contribution is -2.18. The van der Waals surface area contributed by atoms with E-state index in [1.807, 2.05) is 12.1 Å². The van der Waals surface area contributed by atoms with E-state index in [0.717, 1.165) is 32.1 Å². The van der Waals surface area contributed by atoms with Crippen molar-refractivity contribution in [1.29, 1.82) is 5.26 Å². The highest BCUT2D eigenvalue weighted by atomic mass is 19.1. The Hall–Kier alpha value is -2.71. The number of hydrogen-bond donors (Lipinski definition) is 0. The van der Waals surface area contributed by atoms with Crippen LogP contribution < -0.4 is 4.74 Å². The van der Waals surface area contributed by atoms with E-state index < -0.39 is 11.8 Å². The van der Waals surface area contributed by atoms with Crippen molar-refractivity contribution in [2.24, 2.45) is 5.92 Å². The zero-order valence-electron chi connectivity index (χ0n) is 20.9. The molecule has 0 saturated heterocycles. The Kier molecular flexibility index (Phi) is 11.2. The zero-order valence-corrected chi connectivity index (χ0v) is 20.9. The van der Waals surface area contributed by atoms with Crippen molar-refractivity contribution in [1.82, 2.24) is 0 Å². The molecule has 3 rings (SSSR count). The second-order valence-corrected chi connectivity index (χ2v) is 9.68. The van der Waals surface area contributed by atoms with E-state index in [-0.39, 0.29) is 11.3 Å². The number of nitrogens with zero attached hydrogens (tertiary/aromatic N) is 1. The molecule has 2 aromatic rings. The third-order valence-electron chi connectivity index (χ3n) is 6.98. The predicted molar refractivity (Wildman–Crippen MR) is 136 cm³/mol. The van der Waals surface area contributed by atoms with Gasteiger partial charge in [-0.25, -0.2) is 9.18 Å². The average molecular weight is 480 g/mol. The minimum atomic E-state index is -0.702. The first-order valence-corrected chi connectivity index (χ1v) is 13.2. The maximum absolute atomic E-state index is 13.7. The quantitative estimate of drug-likeness (QED) is 0.166. The van der Waals surface area contributed by atoms with E-state index in [2.05, 4.69) is 6.92 Å². The zero-order chi connectivity index (χ0) is 24.9. The molecule has 0 aromatic heterocycles. The Morgan fingerprint density at radius 3 is 2.31 bits per heavy atom. The van der Waals surface area contributed by atoms with Crippen LogP contribution in [-0.4, -0.2) is 19.2 Å². The van der Waals surface area contributed by atoms with Gasteiger partial charge in [-0.3, -0.25) is 0 Å². The summed E-state index contributed by atoms with van der Waals surface area (Å²) in [7, 11) is 0. The molecule has 1 aliphatic rings. The van der Waals surface area contributed by atoms with Crippen LogP contribution >= 0.6 is 0 Å². The van der Waals surface area contributed by atoms with Crippen molar-refractivity contribution in [3.05, 3.63) is 65.0 Å². The Morgan fingerprint density at radius 2 is 1.66 bits per heavy atom. The van der Waals surface area contributed by atoms with Crippen LogP contribution in [0.3, 0.4) is 0 Å². The van der Waals surface area contributed by atoms with Gasteiger partial charge in [-0.2, -0.15) is 5.26 Å². The molecule has 0 unspecified atom stereocenters. The molecule has 1 aliphatic carbocycles. The smallest absolute Gasteiger partial charge is 0.343 e. The van der Waals surface area contributed by atoms with E-state index in [4.69, 9.17) is 14.7 Å². The number of carbonyl (C=O) groups is 1. The first kappa shape index (κ1) is 26.9. The molecule has 0 spiro atoms. The van der Waals surface area contributed by atoms with Crippen LogP contribution in [0.4, 0.5) is 4.39 Å². The van der Waals surface area contributed by atoms with Gasteiger partial charge in [0, 0.05) is 19.3 Å². The summed E-state index contributed by atoms with van der Waals surface area (Å²) in [6.07, 6.45) is 13.8. The van der Waals surface area contributed by atoms with Crippen LogP contribution in [0.1, 0.15) is 105 Å². The SMILES string of the molecule is CCCCCCCCCOCC1CCC(c2ccc(C(=O)Oc3ccc(C#N)c(F)c3)cc2)CC1. The molecule has 35 heavy (non-hydrogen) atoms. The van der Waals surface area contributed by atoms with Crippen LogP contribution in [0.2, 0.25) is 0 Å². The number of esters is 1. The Labute approximate surface area is 209 Å². The van der Waals surface area contributed by atoms with Crippen LogP contribution in [0.15, 0.2) is 42.5 Å². The molecule has 0 bridgehead atoms. The Bertz CT molecular complexity index is 959. The van der Waals surface area contributed by atoms with E-state index in [9.17, 15) is 9.18 Å². The van der Waals surface area contributed by atoms with E-state index >= 15 is 0 Å². The summed E-state index contributed by atoms with van der Waals surface area (Å²) < 4.78 is 25.0. The number of nitriles is 1. The lowest BCUT2D eigenvalue weighted by Gasteiger charge is -2.28. The molecule has 0 atom stereocenters. The highest BCUT2D eigenvalue weighted by Gasteiger charge is 2.23. The monoisotopic (exact) mass is 479 g/mol. The van der Waals surface area contributed by atoms with Gasteiger partial charge < -0.3 is 9.47 Å². The lowest BCUT2D eigenvalue weighted by molar-refractivity contribution is 0.0734. The third kappa shape index (κ3) is 8.78. The van der Waals surface area contributed by atoms with E-state index in [1.165, 1.54) is 75.5 Å². The first-order chi connectivity index (χ1) is 17.1. The van der Waals surface area contributed by atoms with Gasteiger partial charge in [0.2, 0.25) is 0 Å². The summed E-state index contributed by atoms with van der Waals surface area (Å²) in [6, 6.07) is 13.1. The van der Waals surface area contributed by atoms with Crippen molar-refractivity contribution in [2.75, 3.05) is 13.2 Å². The summed E-state index contributed by atoms with van der Waals surface area (Å²) in [5.74, 6) is 0.00227. The molecule has 1 saturated carbocycles. The number of rotatable bonds is 13.